The Morgan fingerprint density at radius 3 is 2.76 bits per heavy atom. The van der Waals surface area contributed by atoms with E-state index in [1.807, 2.05) is 28.8 Å². The zero-order valence-electron chi connectivity index (χ0n) is 14.1. The molecule has 1 saturated carbocycles. The molecule has 2 aromatic heterocycles. The van der Waals surface area contributed by atoms with Gasteiger partial charge < -0.3 is 4.52 Å². The van der Waals surface area contributed by atoms with E-state index in [1.54, 1.807) is 6.92 Å². The van der Waals surface area contributed by atoms with Gasteiger partial charge in [-0.15, -0.1) is 0 Å². The van der Waals surface area contributed by atoms with Gasteiger partial charge in [0.1, 0.15) is 0 Å². The Morgan fingerprint density at radius 1 is 1.20 bits per heavy atom. The van der Waals surface area contributed by atoms with Crippen LogP contribution in [0.15, 0.2) is 38.7 Å². The summed E-state index contributed by atoms with van der Waals surface area (Å²) in [5, 5.41) is 5.25. The van der Waals surface area contributed by atoms with E-state index in [4.69, 9.17) is 9.51 Å². The van der Waals surface area contributed by atoms with Crippen molar-refractivity contribution in [3.8, 4) is 0 Å². The summed E-state index contributed by atoms with van der Waals surface area (Å²) < 4.78 is 7.09. The van der Waals surface area contributed by atoms with Gasteiger partial charge >= 0.3 is 0 Å². The van der Waals surface area contributed by atoms with Crippen molar-refractivity contribution in [3.05, 3.63) is 46.3 Å². The quantitative estimate of drug-likeness (QED) is 0.522. The Morgan fingerprint density at radius 2 is 2.00 bits per heavy atom. The standard InChI is InChI=1S/C18H20N4O2S/c1-12-19-16(24-21-12)11-25-18-20-15-10-6-5-9-14(15)17(23)22(18)13-7-3-2-4-8-13/h5-6,9-10,13H,2-4,7-8,11H2,1H3. The summed E-state index contributed by atoms with van der Waals surface area (Å²) in [6, 6.07) is 7.79. The molecule has 0 saturated heterocycles. The fourth-order valence-electron chi connectivity index (χ4n) is 3.41. The molecule has 0 aliphatic heterocycles. The molecule has 0 radical (unpaired) electrons. The maximum Gasteiger partial charge on any atom is 0.262 e. The second-order valence-electron chi connectivity index (χ2n) is 6.40. The first-order valence-electron chi connectivity index (χ1n) is 8.65. The number of aromatic nitrogens is 4. The number of rotatable bonds is 4. The molecule has 7 heteroatoms. The summed E-state index contributed by atoms with van der Waals surface area (Å²) in [5.74, 6) is 1.69. The van der Waals surface area contributed by atoms with Gasteiger partial charge in [0.15, 0.2) is 11.0 Å². The number of benzene rings is 1. The Balaban J connectivity index is 1.75. The van der Waals surface area contributed by atoms with Crippen molar-refractivity contribution in [2.45, 2.75) is 56.0 Å². The first-order valence-corrected chi connectivity index (χ1v) is 9.64. The van der Waals surface area contributed by atoms with E-state index < -0.39 is 0 Å². The van der Waals surface area contributed by atoms with E-state index in [0.717, 1.165) is 36.4 Å². The lowest BCUT2D eigenvalue weighted by atomic mass is 9.95. The highest BCUT2D eigenvalue weighted by Gasteiger charge is 2.22. The van der Waals surface area contributed by atoms with Crippen LogP contribution in [0, 0.1) is 6.92 Å². The molecule has 4 rings (SSSR count). The van der Waals surface area contributed by atoms with E-state index in [1.165, 1.54) is 18.2 Å². The molecular weight excluding hydrogens is 336 g/mol. The average molecular weight is 356 g/mol. The summed E-state index contributed by atoms with van der Waals surface area (Å²) in [4.78, 5) is 22.1. The van der Waals surface area contributed by atoms with Crippen molar-refractivity contribution in [1.29, 1.82) is 0 Å². The van der Waals surface area contributed by atoms with Gasteiger partial charge in [-0.25, -0.2) is 4.98 Å². The molecule has 3 aromatic rings. The van der Waals surface area contributed by atoms with Gasteiger partial charge in [-0.05, 0) is 31.9 Å². The minimum atomic E-state index is 0.0571. The lowest BCUT2D eigenvalue weighted by Gasteiger charge is -2.26. The Labute approximate surface area is 149 Å². The molecule has 1 aliphatic rings. The molecule has 0 amide bonds. The van der Waals surface area contributed by atoms with Crippen LogP contribution in [-0.2, 0) is 5.75 Å². The molecular formula is C18H20N4O2S. The molecule has 0 bridgehead atoms. The molecule has 1 aromatic carbocycles. The predicted octanol–water partition coefficient (Wildman–Crippen LogP) is 3.89. The first-order chi connectivity index (χ1) is 12.2. The Bertz CT molecular complexity index is 944. The molecule has 0 N–H and O–H groups in total. The Hall–Kier alpha value is -2.15. The van der Waals surface area contributed by atoms with E-state index >= 15 is 0 Å². The van der Waals surface area contributed by atoms with Gasteiger partial charge in [-0.1, -0.05) is 48.3 Å². The highest BCUT2D eigenvalue weighted by molar-refractivity contribution is 7.98. The largest absolute Gasteiger partial charge is 0.338 e. The highest BCUT2D eigenvalue weighted by atomic mass is 32.2. The molecule has 130 valence electrons. The number of hydrogen-bond donors (Lipinski definition) is 0. The Kier molecular flexibility index (Phi) is 4.57. The molecule has 0 unspecified atom stereocenters. The van der Waals surface area contributed by atoms with Crippen LogP contribution in [0.4, 0.5) is 0 Å². The van der Waals surface area contributed by atoms with Crippen molar-refractivity contribution in [1.82, 2.24) is 19.7 Å². The molecule has 0 atom stereocenters. The number of para-hydroxylation sites is 1. The molecule has 6 nitrogen and oxygen atoms in total. The van der Waals surface area contributed by atoms with Gasteiger partial charge in [0, 0.05) is 6.04 Å². The van der Waals surface area contributed by atoms with E-state index in [0.29, 0.717) is 22.9 Å². The van der Waals surface area contributed by atoms with Crippen LogP contribution in [-0.4, -0.2) is 19.7 Å². The number of fused-ring (bicyclic) bond motifs is 1. The second-order valence-corrected chi connectivity index (χ2v) is 7.35. The zero-order chi connectivity index (χ0) is 17.2. The topological polar surface area (TPSA) is 73.8 Å². The van der Waals surface area contributed by atoms with Gasteiger partial charge in [0.25, 0.3) is 5.56 Å². The monoisotopic (exact) mass is 356 g/mol. The van der Waals surface area contributed by atoms with Crippen LogP contribution in [0.5, 0.6) is 0 Å². The van der Waals surface area contributed by atoms with Crippen molar-refractivity contribution in [3.63, 3.8) is 0 Å². The van der Waals surface area contributed by atoms with Crippen LogP contribution in [0.25, 0.3) is 10.9 Å². The highest BCUT2D eigenvalue weighted by Crippen LogP contribution is 2.31. The van der Waals surface area contributed by atoms with Crippen LogP contribution in [0.1, 0.15) is 49.9 Å². The lowest BCUT2D eigenvalue weighted by molar-refractivity contribution is 0.326. The van der Waals surface area contributed by atoms with Crippen LogP contribution < -0.4 is 5.56 Å². The summed E-state index contributed by atoms with van der Waals surface area (Å²) >= 11 is 1.49. The summed E-state index contributed by atoms with van der Waals surface area (Å²) in [6.45, 7) is 1.80. The molecule has 1 aliphatic carbocycles. The third-order valence-corrected chi connectivity index (χ3v) is 5.55. The summed E-state index contributed by atoms with van der Waals surface area (Å²) in [6.07, 6.45) is 5.64. The summed E-state index contributed by atoms with van der Waals surface area (Å²) in [5.41, 5.74) is 0.797. The van der Waals surface area contributed by atoms with Crippen molar-refractivity contribution >= 4 is 22.7 Å². The van der Waals surface area contributed by atoms with Gasteiger partial charge in [-0.2, -0.15) is 4.98 Å². The molecule has 2 heterocycles. The summed E-state index contributed by atoms with van der Waals surface area (Å²) in [7, 11) is 0. The van der Waals surface area contributed by atoms with E-state index in [-0.39, 0.29) is 11.6 Å². The third kappa shape index (κ3) is 3.33. The van der Waals surface area contributed by atoms with E-state index in [9.17, 15) is 4.79 Å². The minimum absolute atomic E-state index is 0.0571. The van der Waals surface area contributed by atoms with Gasteiger partial charge in [-0.3, -0.25) is 9.36 Å². The fraction of sp³-hybridized carbons (Fsp3) is 0.444. The molecule has 1 fully saturated rings. The average Bonchev–Trinajstić information content (AvgIpc) is 3.06. The van der Waals surface area contributed by atoms with Gasteiger partial charge in [0.05, 0.1) is 16.7 Å². The number of hydrogen-bond acceptors (Lipinski definition) is 6. The van der Waals surface area contributed by atoms with Gasteiger partial charge in [0.2, 0.25) is 5.89 Å². The molecule has 25 heavy (non-hydrogen) atoms. The van der Waals surface area contributed by atoms with Crippen LogP contribution in [0.3, 0.4) is 0 Å². The SMILES string of the molecule is Cc1noc(CSc2nc3ccccc3c(=O)n2C2CCCCC2)n1. The van der Waals surface area contributed by atoms with Crippen molar-refractivity contribution in [2.24, 2.45) is 0 Å². The molecule has 0 spiro atoms. The number of nitrogens with zero attached hydrogens (tertiary/aromatic N) is 4. The predicted molar refractivity (Wildman–Crippen MR) is 96.7 cm³/mol. The number of thioether (sulfide) groups is 1. The maximum atomic E-state index is 13.1. The first kappa shape index (κ1) is 16.3. The lowest BCUT2D eigenvalue weighted by Crippen LogP contribution is -2.29. The van der Waals surface area contributed by atoms with Crippen LogP contribution >= 0.6 is 11.8 Å². The number of aryl methyl sites for hydroxylation is 1. The maximum absolute atomic E-state index is 13.1. The minimum Gasteiger partial charge on any atom is -0.338 e. The normalized spacial score (nSPS) is 15.7. The van der Waals surface area contributed by atoms with E-state index in [2.05, 4.69) is 10.1 Å². The fourth-order valence-corrected chi connectivity index (χ4v) is 4.32. The van der Waals surface area contributed by atoms with Crippen molar-refractivity contribution < 1.29 is 4.52 Å². The van der Waals surface area contributed by atoms with Crippen LogP contribution in [0.2, 0.25) is 0 Å². The zero-order valence-corrected chi connectivity index (χ0v) is 15.0. The third-order valence-electron chi connectivity index (χ3n) is 4.61. The second kappa shape index (κ2) is 7.00. The van der Waals surface area contributed by atoms with Crippen molar-refractivity contribution in [2.75, 3.05) is 0 Å². The smallest absolute Gasteiger partial charge is 0.262 e.